The van der Waals surface area contributed by atoms with Crippen LogP contribution in [-0.4, -0.2) is 25.5 Å². The largest absolute Gasteiger partial charge is 0.493 e. The first-order valence-corrected chi connectivity index (χ1v) is 12.5. The first-order chi connectivity index (χ1) is 16.1. The third kappa shape index (κ3) is 4.69. The second-order valence-corrected chi connectivity index (χ2v) is 9.44. The molecule has 2 heterocycles. The van der Waals surface area contributed by atoms with Gasteiger partial charge in [-0.2, -0.15) is 0 Å². The Hall–Kier alpha value is -3.04. The quantitative estimate of drug-likeness (QED) is 0.327. The number of aliphatic hydroxyl groups excluding tert-OH is 1. The van der Waals surface area contributed by atoms with E-state index in [0.29, 0.717) is 24.5 Å². The number of thiazole rings is 1. The Morgan fingerprint density at radius 1 is 1.06 bits per heavy atom. The molecule has 5 rings (SSSR count). The van der Waals surface area contributed by atoms with Gasteiger partial charge in [0.05, 0.1) is 24.1 Å². The number of aromatic nitrogens is 1. The Bertz CT molecular complexity index is 1290. The monoisotopic (exact) mass is 478 g/mol. The summed E-state index contributed by atoms with van der Waals surface area (Å²) >= 11 is -0.566. The van der Waals surface area contributed by atoms with E-state index >= 15 is 0 Å². The summed E-state index contributed by atoms with van der Waals surface area (Å²) in [6.45, 7) is 0.385. The molecule has 0 fully saturated rings. The van der Waals surface area contributed by atoms with Crippen molar-refractivity contribution in [2.45, 2.75) is 12.5 Å². The van der Waals surface area contributed by atoms with Crippen molar-refractivity contribution in [2.24, 2.45) is 5.92 Å². The van der Waals surface area contributed by atoms with Crippen LogP contribution in [0.2, 0.25) is 0 Å². The Morgan fingerprint density at radius 3 is 2.67 bits per heavy atom. The standard InChI is InChI=1S/C25H22N2O4S2/c28-24-18(12-19-15-32-25(26-19)16-6-2-1-3-7-16)14-31-23-13-17(10-11-21(23)24)20-8-4-5-9-22(20)27-33(29)30/h1-11,13,15,18,24,27-28H,12,14H2,(H,29,30)/t18-,24+/m1/s1. The fraction of sp³-hybridized carbons (Fsp3) is 0.160. The summed E-state index contributed by atoms with van der Waals surface area (Å²) in [5, 5.41) is 14.1. The maximum Gasteiger partial charge on any atom is 0.259 e. The molecule has 3 aromatic carbocycles. The first kappa shape index (κ1) is 21.8. The van der Waals surface area contributed by atoms with Gasteiger partial charge >= 0.3 is 0 Å². The number of nitrogens with zero attached hydrogens (tertiary/aromatic N) is 1. The van der Waals surface area contributed by atoms with Crippen LogP contribution in [0.1, 0.15) is 17.4 Å². The smallest absolute Gasteiger partial charge is 0.259 e. The number of anilines is 1. The molecule has 33 heavy (non-hydrogen) atoms. The Kier molecular flexibility index (Phi) is 6.24. The molecule has 168 valence electrons. The van der Waals surface area contributed by atoms with Crippen molar-refractivity contribution in [1.82, 2.24) is 4.98 Å². The molecule has 0 aliphatic carbocycles. The number of rotatable bonds is 6. The van der Waals surface area contributed by atoms with E-state index < -0.39 is 17.4 Å². The van der Waals surface area contributed by atoms with Gasteiger partial charge in [-0.3, -0.25) is 9.27 Å². The average Bonchev–Trinajstić information content (AvgIpc) is 3.30. The maximum absolute atomic E-state index is 11.2. The molecular formula is C25H22N2O4S2. The predicted molar refractivity (Wildman–Crippen MR) is 131 cm³/mol. The van der Waals surface area contributed by atoms with Gasteiger partial charge in [0.2, 0.25) is 0 Å². The second-order valence-electron chi connectivity index (χ2n) is 7.88. The third-order valence-corrected chi connectivity index (χ3v) is 7.05. The van der Waals surface area contributed by atoms with Gasteiger partial charge in [0.25, 0.3) is 11.3 Å². The zero-order valence-corrected chi connectivity index (χ0v) is 19.2. The summed E-state index contributed by atoms with van der Waals surface area (Å²) in [6, 6.07) is 23.0. The van der Waals surface area contributed by atoms with E-state index in [1.54, 1.807) is 23.5 Å². The fourth-order valence-corrected chi connectivity index (χ4v) is 5.29. The number of aliphatic hydroxyl groups is 1. The van der Waals surface area contributed by atoms with Crippen LogP contribution in [0.5, 0.6) is 5.75 Å². The van der Waals surface area contributed by atoms with Gasteiger partial charge in [-0.05, 0) is 24.1 Å². The minimum Gasteiger partial charge on any atom is -0.493 e. The lowest BCUT2D eigenvalue weighted by molar-refractivity contribution is 0.0504. The van der Waals surface area contributed by atoms with Crippen LogP contribution in [0.3, 0.4) is 0 Å². The van der Waals surface area contributed by atoms with E-state index in [9.17, 15) is 13.9 Å². The highest BCUT2D eigenvalue weighted by Crippen LogP contribution is 2.40. The number of nitrogens with one attached hydrogen (secondary N) is 1. The lowest BCUT2D eigenvalue weighted by Gasteiger charge is -2.30. The van der Waals surface area contributed by atoms with E-state index in [0.717, 1.165) is 33.0 Å². The van der Waals surface area contributed by atoms with E-state index in [1.807, 2.05) is 66.0 Å². The number of benzene rings is 3. The van der Waals surface area contributed by atoms with Gasteiger partial charge in [-0.1, -0.05) is 60.7 Å². The van der Waals surface area contributed by atoms with Gasteiger partial charge in [-0.25, -0.2) is 9.19 Å². The van der Waals surface area contributed by atoms with Crippen LogP contribution in [0.15, 0.2) is 78.2 Å². The molecule has 1 aliphatic rings. The molecule has 0 saturated carbocycles. The number of para-hydroxylation sites is 1. The lowest BCUT2D eigenvalue weighted by atomic mass is 9.88. The molecule has 0 amide bonds. The summed E-state index contributed by atoms with van der Waals surface area (Å²) in [6.07, 6.45) is -0.0381. The van der Waals surface area contributed by atoms with Crippen molar-refractivity contribution in [2.75, 3.05) is 11.3 Å². The van der Waals surface area contributed by atoms with Crippen molar-refractivity contribution < 1.29 is 18.6 Å². The highest BCUT2D eigenvalue weighted by atomic mass is 32.2. The molecule has 1 aromatic heterocycles. The van der Waals surface area contributed by atoms with Crippen molar-refractivity contribution in [3.05, 3.63) is 89.4 Å². The third-order valence-electron chi connectivity index (χ3n) is 5.71. The molecule has 8 heteroatoms. The minimum atomic E-state index is -2.17. The van der Waals surface area contributed by atoms with Gasteiger partial charge < -0.3 is 9.84 Å². The maximum atomic E-state index is 11.2. The average molecular weight is 479 g/mol. The number of hydrogen-bond donors (Lipinski definition) is 3. The van der Waals surface area contributed by atoms with E-state index in [4.69, 9.17) is 9.72 Å². The normalized spacial score (nSPS) is 18.2. The van der Waals surface area contributed by atoms with Crippen LogP contribution in [0, 0.1) is 5.92 Å². The van der Waals surface area contributed by atoms with Crippen LogP contribution >= 0.6 is 11.3 Å². The van der Waals surface area contributed by atoms with Gasteiger partial charge in [-0.15, -0.1) is 11.3 Å². The molecule has 3 atom stereocenters. The topological polar surface area (TPSA) is 91.7 Å². The van der Waals surface area contributed by atoms with Gasteiger partial charge in [0.1, 0.15) is 10.8 Å². The molecule has 1 aliphatic heterocycles. The predicted octanol–water partition coefficient (Wildman–Crippen LogP) is 5.31. The fourth-order valence-electron chi connectivity index (χ4n) is 4.08. The number of fused-ring (bicyclic) bond motifs is 1. The van der Waals surface area contributed by atoms with E-state index in [2.05, 4.69) is 4.72 Å². The molecule has 4 aromatic rings. The van der Waals surface area contributed by atoms with E-state index in [-0.39, 0.29) is 5.92 Å². The summed E-state index contributed by atoms with van der Waals surface area (Å²) in [5.74, 6) is 0.527. The van der Waals surface area contributed by atoms with Crippen LogP contribution in [0.4, 0.5) is 5.69 Å². The molecule has 0 spiro atoms. The molecule has 3 N–H and O–H groups in total. The summed E-state index contributed by atoms with van der Waals surface area (Å²) in [4.78, 5) is 4.75. The highest BCUT2D eigenvalue weighted by Gasteiger charge is 2.30. The van der Waals surface area contributed by atoms with Gasteiger partial charge in [0.15, 0.2) is 0 Å². The van der Waals surface area contributed by atoms with Crippen molar-refractivity contribution in [3.8, 4) is 27.4 Å². The molecule has 0 bridgehead atoms. The zero-order chi connectivity index (χ0) is 22.8. The summed E-state index contributed by atoms with van der Waals surface area (Å²) < 4.78 is 29.0. The zero-order valence-electron chi connectivity index (χ0n) is 17.5. The van der Waals surface area contributed by atoms with E-state index in [1.165, 1.54) is 0 Å². The highest BCUT2D eigenvalue weighted by molar-refractivity contribution is 7.80. The SMILES string of the molecule is O=S(O)Nc1ccccc1-c1ccc2c(c1)OC[C@@H](Cc1csc(-c3ccccc3)n1)[C@@H]2O. The Balaban J connectivity index is 1.35. The first-order valence-electron chi connectivity index (χ1n) is 10.5. The molecular weight excluding hydrogens is 456 g/mol. The Morgan fingerprint density at radius 2 is 1.85 bits per heavy atom. The van der Waals surface area contributed by atoms with Crippen molar-refractivity contribution in [1.29, 1.82) is 0 Å². The molecule has 0 radical (unpaired) electrons. The summed E-state index contributed by atoms with van der Waals surface area (Å²) in [5.41, 5.74) is 4.93. The Labute approximate surface area is 198 Å². The number of ether oxygens (including phenoxy) is 1. The second kappa shape index (κ2) is 9.44. The van der Waals surface area contributed by atoms with Crippen molar-refractivity contribution >= 4 is 28.3 Å². The lowest BCUT2D eigenvalue weighted by Crippen LogP contribution is -2.27. The van der Waals surface area contributed by atoms with Crippen LogP contribution < -0.4 is 9.46 Å². The molecule has 1 unspecified atom stereocenters. The van der Waals surface area contributed by atoms with Crippen LogP contribution in [0.25, 0.3) is 21.7 Å². The summed E-state index contributed by atoms with van der Waals surface area (Å²) in [7, 11) is 0. The van der Waals surface area contributed by atoms with Crippen molar-refractivity contribution in [3.63, 3.8) is 0 Å². The van der Waals surface area contributed by atoms with Gasteiger partial charge in [0, 0.05) is 28.0 Å². The molecule has 0 saturated heterocycles. The minimum absolute atomic E-state index is 0.0974. The number of hydrogen-bond acceptors (Lipinski definition) is 5. The molecule has 6 nitrogen and oxygen atoms in total. The van der Waals surface area contributed by atoms with Crippen LogP contribution in [-0.2, 0) is 17.7 Å².